The Bertz CT molecular complexity index is 269. The summed E-state index contributed by atoms with van der Waals surface area (Å²) in [6.07, 6.45) is 5.41. The molecule has 0 spiro atoms. The average molecular weight is 238 g/mol. The van der Waals surface area contributed by atoms with E-state index in [2.05, 4.69) is 24.1 Å². The van der Waals surface area contributed by atoms with Crippen molar-refractivity contribution < 1.29 is 4.79 Å². The molecule has 0 unspecified atom stereocenters. The van der Waals surface area contributed by atoms with E-state index >= 15 is 0 Å². The van der Waals surface area contributed by atoms with Crippen LogP contribution in [0.2, 0.25) is 0 Å². The van der Waals surface area contributed by atoms with Gasteiger partial charge in [0.1, 0.15) is 0 Å². The Morgan fingerprint density at radius 1 is 1.29 bits per heavy atom. The van der Waals surface area contributed by atoms with Gasteiger partial charge in [0, 0.05) is 19.5 Å². The molecule has 2 fully saturated rings. The molecule has 2 saturated heterocycles. The predicted molar refractivity (Wildman–Crippen MR) is 69.8 cm³/mol. The highest BCUT2D eigenvalue weighted by Crippen LogP contribution is 2.30. The number of carbonyl (C=O) groups excluding carboxylic acids is 1. The monoisotopic (exact) mass is 238 g/mol. The van der Waals surface area contributed by atoms with Crippen molar-refractivity contribution in [3.05, 3.63) is 0 Å². The van der Waals surface area contributed by atoms with E-state index in [0.717, 1.165) is 51.4 Å². The molecule has 1 N–H and O–H groups in total. The van der Waals surface area contributed by atoms with Crippen LogP contribution < -0.4 is 5.32 Å². The highest BCUT2D eigenvalue weighted by atomic mass is 16.2. The standard InChI is InChI=1S/C14H26N2O/c1-14(2)6-3-13(17)16(10-7-14)11-12-4-8-15-9-5-12/h12,15H,3-11H2,1-2H3. The molecule has 0 aromatic carbocycles. The SMILES string of the molecule is CC1(C)CCC(=O)N(CC2CCNCC2)CC1. The molecule has 17 heavy (non-hydrogen) atoms. The summed E-state index contributed by atoms with van der Waals surface area (Å²) in [4.78, 5) is 14.2. The number of nitrogens with zero attached hydrogens (tertiary/aromatic N) is 1. The van der Waals surface area contributed by atoms with Crippen molar-refractivity contribution in [2.45, 2.75) is 46.0 Å². The summed E-state index contributed by atoms with van der Waals surface area (Å²) in [5.41, 5.74) is 0.346. The van der Waals surface area contributed by atoms with Gasteiger partial charge in [0.15, 0.2) is 0 Å². The number of nitrogens with one attached hydrogen (secondary N) is 1. The minimum Gasteiger partial charge on any atom is -0.342 e. The Morgan fingerprint density at radius 2 is 2.00 bits per heavy atom. The van der Waals surface area contributed by atoms with Crippen LogP contribution in [0.3, 0.4) is 0 Å². The van der Waals surface area contributed by atoms with Crippen LogP contribution >= 0.6 is 0 Å². The van der Waals surface area contributed by atoms with Crippen LogP contribution in [0.15, 0.2) is 0 Å². The molecule has 0 saturated carbocycles. The van der Waals surface area contributed by atoms with Gasteiger partial charge in [-0.05, 0) is 50.1 Å². The summed E-state index contributed by atoms with van der Waals surface area (Å²) in [6.45, 7) is 8.78. The second-order valence-corrected chi connectivity index (χ2v) is 6.45. The van der Waals surface area contributed by atoms with Gasteiger partial charge in [-0.3, -0.25) is 4.79 Å². The third-order valence-corrected chi connectivity index (χ3v) is 4.36. The fourth-order valence-corrected chi connectivity index (χ4v) is 2.86. The fraction of sp³-hybridized carbons (Fsp3) is 0.929. The molecular formula is C14H26N2O. The molecule has 0 aromatic rings. The number of piperidine rings is 1. The molecule has 0 aliphatic carbocycles. The number of hydrogen-bond donors (Lipinski definition) is 1. The zero-order valence-electron chi connectivity index (χ0n) is 11.3. The molecule has 1 amide bonds. The zero-order chi connectivity index (χ0) is 12.3. The maximum absolute atomic E-state index is 12.1. The van der Waals surface area contributed by atoms with E-state index in [9.17, 15) is 4.79 Å². The minimum absolute atomic E-state index is 0.346. The maximum atomic E-state index is 12.1. The third-order valence-electron chi connectivity index (χ3n) is 4.36. The average Bonchev–Trinajstić information content (AvgIpc) is 2.44. The first kappa shape index (κ1) is 12.9. The summed E-state index contributed by atoms with van der Waals surface area (Å²) >= 11 is 0. The quantitative estimate of drug-likeness (QED) is 0.798. The summed E-state index contributed by atoms with van der Waals surface area (Å²) in [5.74, 6) is 1.11. The number of carbonyl (C=O) groups is 1. The van der Waals surface area contributed by atoms with Crippen molar-refractivity contribution in [3.8, 4) is 0 Å². The summed E-state index contributed by atoms with van der Waals surface area (Å²) in [7, 11) is 0. The molecule has 2 rings (SSSR count). The first-order valence-electron chi connectivity index (χ1n) is 7.05. The second kappa shape index (κ2) is 5.38. The first-order valence-corrected chi connectivity index (χ1v) is 7.05. The minimum atomic E-state index is 0.346. The van der Waals surface area contributed by atoms with Gasteiger partial charge in [0.2, 0.25) is 5.91 Å². The number of amides is 1. The van der Waals surface area contributed by atoms with Crippen molar-refractivity contribution in [2.75, 3.05) is 26.2 Å². The van der Waals surface area contributed by atoms with Crippen LogP contribution in [-0.4, -0.2) is 37.0 Å². The zero-order valence-corrected chi connectivity index (χ0v) is 11.3. The van der Waals surface area contributed by atoms with Gasteiger partial charge in [-0.15, -0.1) is 0 Å². The fourth-order valence-electron chi connectivity index (χ4n) is 2.86. The van der Waals surface area contributed by atoms with Crippen LogP contribution in [0.4, 0.5) is 0 Å². The summed E-state index contributed by atoms with van der Waals surface area (Å²) in [5, 5.41) is 3.39. The molecule has 2 heterocycles. The molecule has 0 atom stereocenters. The van der Waals surface area contributed by atoms with Crippen molar-refractivity contribution >= 4 is 5.91 Å². The van der Waals surface area contributed by atoms with Crippen LogP contribution in [0, 0.1) is 11.3 Å². The van der Waals surface area contributed by atoms with Gasteiger partial charge in [0.25, 0.3) is 0 Å². The van der Waals surface area contributed by atoms with Gasteiger partial charge < -0.3 is 10.2 Å². The van der Waals surface area contributed by atoms with Gasteiger partial charge in [-0.2, -0.15) is 0 Å². The molecule has 0 aromatic heterocycles. The lowest BCUT2D eigenvalue weighted by atomic mass is 9.85. The Kier molecular flexibility index (Phi) is 4.08. The normalized spacial score (nSPS) is 26.9. The Balaban J connectivity index is 1.88. The summed E-state index contributed by atoms with van der Waals surface area (Å²) in [6, 6.07) is 0. The highest BCUT2D eigenvalue weighted by Gasteiger charge is 2.28. The van der Waals surface area contributed by atoms with Crippen molar-refractivity contribution in [3.63, 3.8) is 0 Å². The number of likely N-dealkylation sites (tertiary alicyclic amines) is 1. The van der Waals surface area contributed by atoms with Crippen LogP contribution in [0.25, 0.3) is 0 Å². The van der Waals surface area contributed by atoms with Gasteiger partial charge in [-0.1, -0.05) is 13.8 Å². The molecule has 2 aliphatic rings. The molecule has 0 bridgehead atoms. The van der Waals surface area contributed by atoms with Crippen molar-refractivity contribution in [2.24, 2.45) is 11.3 Å². The van der Waals surface area contributed by atoms with Crippen LogP contribution in [-0.2, 0) is 4.79 Å². The topological polar surface area (TPSA) is 32.3 Å². The number of hydrogen-bond acceptors (Lipinski definition) is 2. The van der Waals surface area contributed by atoms with Crippen molar-refractivity contribution in [1.82, 2.24) is 10.2 Å². The van der Waals surface area contributed by atoms with Gasteiger partial charge >= 0.3 is 0 Å². The first-order chi connectivity index (χ1) is 8.07. The predicted octanol–water partition coefficient (Wildman–Crippen LogP) is 2.02. The molecule has 98 valence electrons. The highest BCUT2D eigenvalue weighted by molar-refractivity contribution is 5.76. The van der Waals surface area contributed by atoms with Gasteiger partial charge in [0.05, 0.1) is 0 Å². The van der Waals surface area contributed by atoms with E-state index in [-0.39, 0.29) is 0 Å². The smallest absolute Gasteiger partial charge is 0.222 e. The van der Waals surface area contributed by atoms with Gasteiger partial charge in [-0.25, -0.2) is 0 Å². The Hall–Kier alpha value is -0.570. The lowest BCUT2D eigenvalue weighted by Gasteiger charge is -2.30. The Morgan fingerprint density at radius 3 is 2.71 bits per heavy atom. The van der Waals surface area contributed by atoms with E-state index in [1.165, 1.54) is 12.8 Å². The van der Waals surface area contributed by atoms with E-state index < -0.39 is 0 Å². The van der Waals surface area contributed by atoms with Crippen LogP contribution in [0.1, 0.15) is 46.0 Å². The lowest BCUT2D eigenvalue weighted by molar-refractivity contribution is -0.131. The maximum Gasteiger partial charge on any atom is 0.222 e. The lowest BCUT2D eigenvalue weighted by Crippen LogP contribution is -2.39. The summed E-state index contributed by atoms with van der Waals surface area (Å²) < 4.78 is 0. The second-order valence-electron chi connectivity index (χ2n) is 6.45. The largest absolute Gasteiger partial charge is 0.342 e. The molecule has 0 radical (unpaired) electrons. The Labute approximate surface area is 105 Å². The van der Waals surface area contributed by atoms with Crippen LogP contribution in [0.5, 0.6) is 0 Å². The van der Waals surface area contributed by atoms with E-state index in [4.69, 9.17) is 0 Å². The molecular weight excluding hydrogens is 212 g/mol. The number of rotatable bonds is 2. The molecule has 3 heteroatoms. The van der Waals surface area contributed by atoms with E-state index in [1.807, 2.05) is 0 Å². The molecule has 3 nitrogen and oxygen atoms in total. The van der Waals surface area contributed by atoms with Crippen molar-refractivity contribution in [1.29, 1.82) is 0 Å². The molecule has 2 aliphatic heterocycles. The van der Waals surface area contributed by atoms with E-state index in [0.29, 0.717) is 11.3 Å². The van der Waals surface area contributed by atoms with E-state index in [1.54, 1.807) is 0 Å². The third kappa shape index (κ3) is 3.70.